The highest BCUT2D eigenvalue weighted by Gasteiger charge is 2.45. The number of carbonyl (C=O) groups excluding carboxylic acids is 1. The van der Waals surface area contributed by atoms with Crippen LogP contribution < -0.4 is 10.0 Å². The number of anilines is 1. The molecule has 0 spiro atoms. The molecule has 2 aromatic rings. The van der Waals surface area contributed by atoms with Gasteiger partial charge >= 0.3 is 10.3 Å². The number of hydrogen-bond donors (Lipinski definition) is 4. The second-order valence-corrected chi connectivity index (χ2v) is 10.6. The number of fused-ring (bicyclic) bond motifs is 1. The number of imidazole rings is 1. The Morgan fingerprint density at radius 1 is 1.39 bits per heavy atom. The normalized spacial score (nSPS) is 24.2. The lowest BCUT2D eigenvalue weighted by atomic mass is 10.1. The third-order valence-corrected chi connectivity index (χ3v) is 7.08. The number of nitrogens with zero attached hydrogens (tertiary/aromatic N) is 4. The molecule has 0 unspecified atom stereocenters. The van der Waals surface area contributed by atoms with E-state index in [1.807, 2.05) is 33.6 Å². The quantitative estimate of drug-likeness (QED) is 0.206. The predicted molar refractivity (Wildman–Crippen MR) is 129 cm³/mol. The molecule has 0 aromatic carbocycles. The molecule has 0 bridgehead atoms. The number of nitrogens with one attached hydrogen (secondary N) is 2. The summed E-state index contributed by atoms with van der Waals surface area (Å²) in [7, 11) is -2.75. The highest BCUT2D eigenvalue weighted by atomic mass is 127. The summed E-state index contributed by atoms with van der Waals surface area (Å²) in [5.41, 5.74) is 0.791. The summed E-state index contributed by atoms with van der Waals surface area (Å²) in [5, 5.41) is 23.8. The van der Waals surface area contributed by atoms with Crippen molar-refractivity contribution in [3.63, 3.8) is 0 Å². The molecule has 1 fully saturated rings. The zero-order valence-corrected chi connectivity index (χ0v) is 21.8. The van der Waals surface area contributed by atoms with Crippen molar-refractivity contribution in [2.75, 3.05) is 31.0 Å². The molecular weight excluding hydrogens is 591 g/mol. The molecule has 5 atom stereocenters. The van der Waals surface area contributed by atoms with Gasteiger partial charge in [-0.1, -0.05) is 6.92 Å². The van der Waals surface area contributed by atoms with Gasteiger partial charge in [0.15, 0.2) is 27.0 Å². The van der Waals surface area contributed by atoms with Crippen LogP contribution in [0.2, 0.25) is 0 Å². The monoisotopic (exact) mass is 616 g/mol. The van der Waals surface area contributed by atoms with Crippen molar-refractivity contribution >= 4 is 67.5 Å². The first kappa shape index (κ1) is 26.3. The maximum atomic E-state index is 12.2. The standard InChI is InChI=1S/C17H25IN6O7S2/c1-8(4-5-32-3)15(27)23-33(28,29)30-6-9-11(25)12(26)16(31-9)24-7-20-10-13(19-2)21-17(18)22-14(10)24/h7-9,11-12,16,25-26H,4-6H2,1-3H3,(H,23,27)(H,19,21,22)/t8-,9+,11-,12+,16+/m0/s1. The summed E-state index contributed by atoms with van der Waals surface area (Å²) in [6, 6.07) is 0. The summed E-state index contributed by atoms with van der Waals surface area (Å²) in [6.07, 6.45) is -1.37. The van der Waals surface area contributed by atoms with E-state index in [9.17, 15) is 23.4 Å². The minimum atomic E-state index is -4.43. The molecule has 3 rings (SSSR count). The zero-order valence-electron chi connectivity index (χ0n) is 18.0. The van der Waals surface area contributed by atoms with Gasteiger partial charge in [0.2, 0.25) is 5.91 Å². The lowest BCUT2D eigenvalue weighted by molar-refractivity contribution is -0.122. The average molecular weight is 616 g/mol. The second kappa shape index (κ2) is 11.0. The van der Waals surface area contributed by atoms with E-state index in [0.717, 1.165) is 0 Å². The summed E-state index contributed by atoms with van der Waals surface area (Å²) >= 11 is 3.48. The third-order valence-electron chi connectivity index (χ3n) is 5.06. The number of halogens is 1. The van der Waals surface area contributed by atoms with Gasteiger partial charge < -0.3 is 20.3 Å². The van der Waals surface area contributed by atoms with E-state index < -0.39 is 53.3 Å². The summed E-state index contributed by atoms with van der Waals surface area (Å²) in [4.78, 5) is 24.8. The molecule has 13 nitrogen and oxygen atoms in total. The molecule has 1 aliphatic heterocycles. The van der Waals surface area contributed by atoms with E-state index >= 15 is 0 Å². The zero-order chi connectivity index (χ0) is 24.3. The van der Waals surface area contributed by atoms with Crippen molar-refractivity contribution < 1.29 is 32.3 Å². The highest BCUT2D eigenvalue weighted by molar-refractivity contribution is 14.1. The molecular formula is C17H25IN6O7S2. The van der Waals surface area contributed by atoms with Crippen LogP contribution in [-0.4, -0.2) is 88.0 Å². The van der Waals surface area contributed by atoms with Crippen LogP contribution in [0.5, 0.6) is 0 Å². The minimum Gasteiger partial charge on any atom is -0.387 e. The van der Waals surface area contributed by atoms with E-state index in [4.69, 9.17) is 8.92 Å². The van der Waals surface area contributed by atoms with Crippen molar-refractivity contribution in [1.82, 2.24) is 24.2 Å². The molecule has 33 heavy (non-hydrogen) atoms. The van der Waals surface area contributed by atoms with Gasteiger partial charge in [0, 0.05) is 35.6 Å². The Labute approximate surface area is 208 Å². The molecule has 1 saturated heterocycles. The van der Waals surface area contributed by atoms with Gasteiger partial charge in [0.25, 0.3) is 0 Å². The SMILES string of the molecule is CNc1nc(I)nc2c1ncn2[C@@H]1O[C@H](COS(=O)(=O)NC(=O)[C@@H](C)CCSC)[C@H](O)[C@H]1O. The fraction of sp³-hybridized carbons (Fsp3) is 0.647. The number of ether oxygens (including phenoxy) is 1. The van der Waals surface area contributed by atoms with Gasteiger partial charge in [-0.25, -0.2) is 19.7 Å². The van der Waals surface area contributed by atoms with Crippen LogP contribution in [0.25, 0.3) is 11.2 Å². The first-order valence-corrected chi connectivity index (χ1v) is 13.8. The number of rotatable bonds is 10. The number of aliphatic hydroxyl groups excluding tert-OH is 2. The average Bonchev–Trinajstić information content (AvgIpc) is 3.30. The largest absolute Gasteiger partial charge is 0.387 e. The number of carbonyl (C=O) groups is 1. The van der Waals surface area contributed by atoms with Crippen LogP contribution >= 0.6 is 34.4 Å². The Morgan fingerprint density at radius 3 is 2.79 bits per heavy atom. The molecule has 0 saturated carbocycles. The molecule has 1 aliphatic rings. The molecule has 3 heterocycles. The number of thioether (sulfide) groups is 1. The van der Waals surface area contributed by atoms with Gasteiger partial charge in [0.05, 0.1) is 12.9 Å². The first-order valence-electron chi connectivity index (χ1n) is 9.87. The molecule has 16 heteroatoms. The van der Waals surface area contributed by atoms with E-state index in [-0.39, 0.29) is 0 Å². The Hall–Kier alpha value is -1.31. The maximum absolute atomic E-state index is 12.2. The molecule has 0 radical (unpaired) electrons. The molecule has 184 valence electrons. The first-order chi connectivity index (χ1) is 15.6. The van der Waals surface area contributed by atoms with Gasteiger partial charge in [-0.05, 0) is 18.4 Å². The molecule has 1 amide bonds. The molecule has 2 aromatic heterocycles. The lowest BCUT2D eigenvalue weighted by Crippen LogP contribution is -2.39. The fourth-order valence-electron chi connectivity index (χ4n) is 3.18. The van der Waals surface area contributed by atoms with E-state index in [1.165, 1.54) is 10.9 Å². The van der Waals surface area contributed by atoms with Gasteiger partial charge in [-0.3, -0.25) is 13.5 Å². The minimum absolute atomic E-state index is 0.357. The molecule has 4 N–H and O–H groups in total. The van der Waals surface area contributed by atoms with E-state index in [2.05, 4.69) is 20.3 Å². The van der Waals surface area contributed by atoms with Crippen LogP contribution in [0.1, 0.15) is 19.6 Å². The lowest BCUT2D eigenvalue weighted by Gasteiger charge is -2.17. The van der Waals surface area contributed by atoms with Gasteiger partial charge in [0.1, 0.15) is 18.3 Å². The fourth-order valence-corrected chi connectivity index (χ4v) is 5.06. The Morgan fingerprint density at radius 2 is 2.12 bits per heavy atom. The van der Waals surface area contributed by atoms with Crippen LogP contribution in [0.4, 0.5) is 5.82 Å². The Kier molecular flexibility index (Phi) is 8.73. The van der Waals surface area contributed by atoms with Gasteiger partial charge in [-0.2, -0.15) is 20.2 Å². The van der Waals surface area contributed by atoms with E-state index in [1.54, 1.807) is 25.7 Å². The topological polar surface area (TPSA) is 178 Å². The van der Waals surface area contributed by atoms with Crippen LogP contribution in [0.3, 0.4) is 0 Å². The number of amides is 1. The predicted octanol–water partition coefficient (Wildman–Crippen LogP) is -0.141. The van der Waals surface area contributed by atoms with Crippen molar-refractivity contribution in [3.8, 4) is 0 Å². The highest BCUT2D eigenvalue weighted by Crippen LogP contribution is 2.32. The van der Waals surface area contributed by atoms with E-state index in [0.29, 0.717) is 33.0 Å². The number of aromatic nitrogens is 4. The summed E-state index contributed by atoms with van der Waals surface area (Å²) in [6.45, 7) is 1.00. The van der Waals surface area contributed by atoms with Crippen LogP contribution in [0, 0.1) is 9.75 Å². The molecule has 0 aliphatic carbocycles. The smallest absolute Gasteiger partial charge is 0.362 e. The number of aliphatic hydroxyl groups is 2. The number of hydrogen-bond acceptors (Lipinski definition) is 12. The van der Waals surface area contributed by atoms with Crippen molar-refractivity contribution in [1.29, 1.82) is 0 Å². The second-order valence-electron chi connectivity index (χ2n) is 7.35. The Bertz CT molecular complexity index is 1100. The Balaban J connectivity index is 1.68. The third kappa shape index (κ3) is 6.04. The summed E-state index contributed by atoms with van der Waals surface area (Å²) in [5.74, 6) is -0.0178. The van der Waals surface area contributed by atoms with Crippen molar-refractivity contribution in [3.05, 3.63) is 10.2 Å². The van der Waals surface area contributed by atoms with Crippen LogP contribution in [0.15, 0.2) is 6.33 Å². The van der Waals surface area contributed by atoms with Crippen molar-refractivity contribution in [2.45, 2.75) is 37.9 Å². The van der Waals surface area contributed by atoms with Crippen molar-refractivity contribution in [2.24, 2.45) is 5.92 Å². The maximum Gasteiger partial charge on any atom is 0.362 e. The van der Waals surface area contributed by atoms with Gasteiger partial charge in [-0.15, -0.1) is 0 Å². The summed E-state index contributed by atoms with van der Waals surface area (Å²) < 4.78 is 38.6. The van der Waals surface area contributed by atoms with Crippen LogP contribution in [-0.2, 0) is 24.0 Å².